The number of nitrogens with zero attached hydrogens (tertiary/aromatic N) is 2. The van der Waals surface area contributed by atoms with Gasteiger partial charge in [-0.15, -0.1) is 10.2 Å². The third kappa shape index (κ3) is 7.00. The lowest BCUT2D eigenvalue weighted by molar-refractivity contribution is -0.131. The van der Waals surface area contributed by atoms with Gasteiger partial charge < -0.3 is 23.7 Å². The number of carboxylic acid groups (broad SMARTS) is 1. The Labute approximate surface area is 233 Å². The molecule has 0 spiro atoms. The predicted molar refractivity (Wildman–Crippen MR) is 146 cm³/mol. The fourth-order valence-electron chi connectivity index (χ4n) is 3.33. The van der Waals surface area contributed by atoms with Crippen molar-refractivity contribution in [3.05, 3.63) is 86.7 Å². The normalized spacial score (nSPS) is 11.3. The van der Waals surface area contributed by atoms with Gasteiger partial charge in [-0.1, -0.05) is 41.4 Å². The molecule has 0 fully saturated rings. The largest absolute Gasteiger partial charge is 0.496 e. The molecule has 0 atom stereocenters. The second kappa shape index (κ2) is 12.7. The number of carboxylic acids is 1. The van der Waals surface area contributed by atoms with E-state index >= 15 is 0 Å². The highest BCUT2D eigenvalue weighted by Crippen LogP contribution is 2.36. The zero-order chi connectivity index (χ0) is 27.1. The number of thioether (sulfide) groups is 1. The molecule has 196 valence electrons. The van der Waals surface area contributed by atoms with Gasteiger partial charge in [-0.05, 0) is 78.4 Å². The Kier molecular flexibility index (Phi) is 9.17. The van der Waals surface area contributed by atoms with Crippen molar-refractivity contribution >= 4 is 47.0 Å². The molecule has 0 aliphatic rings. The minimum absolute atomic E-state index is 0.0319. The summed E-state index contributed by atoms with van der Waals surface area (Å²) in [6.45, 7) is 2.58. The van der Waals surface area contributed by atoms with Crippen LogP contribution in [0.1, 0.15) is 18.1 Å². The second-order valence-electron chi connectivity index (χ2n) is 7.69. The number of rotatable bonds is 11. The SMILES string of the molecule is CCOc1cc(/C=C(\Sc2nnc(-c3cc(Cl)ccc3OC)o2)C(=O)O)ccc1OCc1ccc(Cl)cc1. The van der Waals surface area contributed by atoms with E-state index < -0.39 is 5.97 Å². The van der Waals surface area contributed by atoms with Crippen molar-refractivity contribution in [1.29, 1.82) is 0 Å². The topological polar surface area (TPSA) is 104 Å². The van der Waals surface area contributed by atoms with E-state index in [0.29, 0.717) is 51.6 Å². The number of aromatic nitrogens is 2. The van der Waals surface area contributed by atoms with Gasteiger partial charge in [-0.3, -0.25) is 0 Å². The Morgan fingerprint density at radius 2 is 1.71 bits per heavy atom. The molecular formula is C27H22Cl2N2O6S. The van der Waals surface area contributed by atoms with Crippen molar-refractivity contribution in [2.45, 2.75) is 18.8 Å². The van der Waals surface area contributed by atoms with Crippen LogP contribution in [0, 0.1) is 0 Å². The monoisotopic (exact) mass is 572 g/mol. The van der Waals surface area contributed by atoms with Crippen molar-refractivity contribution in [3.63, 3.8) is 0 Å². The average molecular weight is 573 g/mol. The summed E-state index contributed by atoms with van der Waals surface area (Å²) in [7, 11) is 1.51. The van der Waals surface area contributed by atoms with Crippen LogP contribution in [0.2, 0.25) is 10.0 Å². The highest BCUT2D eigenvalue weighted by atomic mass is 35.5. The fraction of sp³-hybridized carbons (Fsp3) is 0.148. The number of methoxy groups -OCH3 is 1. The molecule has 4 aromatic rings. The number of benzene rings is 3. The molecule has 0 saturated heterocycles. The van der Waals surface area contributed by atoms with E-state index in [1.807, 2.05) is 19.1 Å². The lowest BCUT2D eigenvalue weighted by atomic mass is 10.2. The molecule has 0 radical (unpaired) electrons. The summed E-state index contributed by atoms with van der Waals surface area (Å²) in [4.78, 5) is 12.0. The first-order valence-electron chi connectivity index (χ1n) is 11.3. The molecule has 0 unspecified atom stereocenters. The lowest BCUT2D eigenvalue weighted by Crippen LogP contribution is -2.00. The third-order valence-electron chi connectivity index (χ3n) is 5.08. The molecule has 0 amide bonds. The summed E-state index contributed by atoms with van der Waals surface area (Å²) in [5.74, 6) is 0.498. The fourth-order valence-corrected chi connectivity index (χ4v) is 4.30. The Balaban J connectivity index is 1.55. The molecule has 1 N–H and O–H groups in total. The van der Waals surface area contributed by atoms with Gasteiger partial charge in [0.05, 0.1) is 19.3 Å². The van der Waals surface area contributed by atoms with E-state index in [9.17, 15) is 9.90 Å². The van der Waals surface area contributed by atoms with Gasteiger partial charge in [0.15, 0.2) is 11.5 Å². The summed E-state index contributed by atoms with van der Waals surface area (Å²) in [5.41, 5.74) is 2.03. The minimum Gasteiger partial charge on any atom is -0.496 e. The standard InChI is InChI=1S/C27H22Cl2N2O6S/c1-3-35-23-12-17(6-10-22(23)36-15-16-4-7-18(28)8-5-16)13-24(26(32)33)38-27-31-30-25(37-27)20-14-19(29)9-11-21(20)34-2/h4-14H,3,15H2,1-2H3,(H,32,33)/b24-13-. The highest BCUT2D eigenvalue weighted by molar-refractivity contribution is 8.03. The first kappa shape index (κ1) is 27.4. The maximum absolute atomic E-state index is 12.0. The van der Waals surface area contributed by atoms with Gasteiger partial charge >= 0.3 is 5.97 Å². The molecular weight excluding hydrogens is 551 g/mol. The third-order valence-corrected chi connectivity index (χ3v) is 6.42. The van der Waals surface area contributed by atoms with Crippen molar-refractivity contribution in [1.82, 2.24) is 10.2 Å². The van der Waals surface area contributed by atoms with Crippen LogP contribution in [0.3, 0.4) is 0 Å². The van der Waals surface area contributed by atoms with Crippen LogP contribution in [0.4, 0.5) is 0 Å². The van der Waals surface area contributed by atoms with Crippen LogP contribution >= 0.6 is 35.0 Å². The number of carbonyl (C=O) groups is 1. The average Bonchev–Trinajstić information content (AvgIpc) is 3.37. The van der Waals surface area contributed by atoms with Crippen LogP contribution in [0.25, 0.3) is 17.5 Å². The quantitative estimate of drug-likeness (QED) is 0.147. The lowest BCUT2D eigenvalue weighted by Gasteiger charge is -2.13. The Bertz CT molecular complexity index is 1460. The molecule has 38 heavy (non-hydrogen) atoms. The van der Waals surface area contributed by atoms with E-state index in [4.69, 9.17) is 41.8 Å². The number of ether oxygens (including phenoxy) is 3. The van der Waals surface area contributed by atoms with E-state index in [0.717, 1.165) is 17.3 Å². The number of hydrogen-bond acceptors (Lipinski definition) is 8. The summed E-state index contributed by atoms with van der Waals surface area (Å²) in [6, 6.07) is 17.5. The predicted octanol–water partition coefficient (Wildman–Crippen LogP) is 7.25. The zero-order valence-corrected chi connectivity index (χ0v) is 22.6. The van der Waals surface area contributed by atoms with Gasteiger partial charge in [0.1, 0.15) is 17.3 Å². The number of halogens is 2. The number of aliphatic carboxylic acids is 1. The zero-order valence-electron chi connectivity index (χ0n) is 20.3. The van der Waals surface area contributed by atoms with E-state index in [1.54, 1.807) is 48.5 Å². The number of hydrogen-bond donors (Lipinski definition) is 1. The minimum atomic E-state index is -1.16. The van der Waals surface area contributed by atoms with E-state index in [2.05, 4.69) is 10.2 Å². The van der Waals surface area contributed by atoms with Crippen LogP contribution < -0.4 is 14.2 Å². The van der Waals surface area contributed by atoms with Crippen molar-refractivity contribution in [2.75, 3.05) is 13.7 Å². The van der Waals surface area contributed by atoms with Gasteiger partial charge in [0.2, 0.25) is 0 Å². The van der Waals surface area contributed by atoms with E-state index in [1.165, 1.54) is 13.2 Å². The van der Waals surface area contributed by atoms with Crippen molar-refractivity contribution in [2.24, 2.45) is 0 Å². The Morgan fingerprint density at radius 1 is 0.974 bits per heavy atom. The first-order valence-corrected chi connectivity index (χ1v) is 12.9. The van der Waals surface area contributed by atoms with Gasteiger partial charge in [-0.2, -0.15) is 0 Å². The summed E-state index contributed by atoms with van der Waals surface area (Å²) >= 11 is 12.9. The molecule has 4 rings (SSSR count). The van der Waals surface area contributed by atoms with Crippen LogP contribution in [-0.4, -0.2) is 35.0 Å². The van der Waals surface area contributed by atoms with Crippen LogP contribution in [0.15, 0.2) is 75.2 Å². The molecule has 1 aromatic heterocycles. The Hall–Kier alpha value is -3.66. The smallest absolute Gasteiger partial charge is 0.342 e. The van der Waals surface area contributed by atoms with Crippen LogP contribution in [-0.2, 0) is 11.4 Å². The maximum atomic E-state index is 12.0. The molecule has 3 aromatic carbocycles. The van der Waals surface area contributed by atoms with Crippen molar-refractivity contribution in [3.8, 4) is 28.7 Å². The molecule has 0 aliphatic carbocycles. The molecule has 0 bridgehead atoms. The van der Waals surface area contributed by atoms with Gasteiger partial charge in [0.25, 0.3) is 11.1 Å². The molecule has 0 aliphatic heterocycles. The summed E-state index contributed by atoms with van der Waals surface area (Å²) in [6.07, 6.45) is 1.49. The van der Waals surface area contributed by atoms with Crippen molar-refractivity contribution < 1.29 is 28.5 Å². The van der Waals surface area contributed by atoms with Gasteiger partial charge in [-0.25, -0.2) is 4.79 Å². The molecule has 0 saturated carbocycles. The molecule has 1 heterocycles. The summed E-state index contributed by atoms with van der Waals surface area (Å²) in [5, 5.41) is 19.0. The first-order chi connectivity index (χ1) is 18.4. The van der Waals surface area contributed by atoms with E-state index in [-0.39, 0.29) is 16.0 Å². The molecule has 8 nitrogen and oxygen atoms in total. The maximum Gasteiger partial charge on any atom is 0.342 e. The van der Waals surface area contributed by atoms with Crippen LogP contribution in [0.5, 0.6) is 17.2 Å². The Morgan fingerprint density at radius 3 is 2.42 bits per heavy atom. The summed E-state index contributed by atoms with van der Waals surface area (Å²) < 4.78 is 22.7. The molecule has 11 heteroatoms. The second-order valence-corrected chi connectivity index (χ2v) is 9.55. The highest BCUT2D eigenvalue weighted by Gasteiger charge is 2.19. The van der Waals surface area contributed by atoms with Gasteiger partial charge in [0, 0.05) is 10.0 Å².